The van der Waals surface area contributed by atoms with Crippen molar-refractivity contribution in [1.82, 2.24) is 9.97 Å². The molecule has 2 rings (SSSR count). The minimum Gasteiger partial charge on any atom is -0.397 e. The van der Waals surface area contributed by atoms with Crippen LogP contribution in [0.2, 0.25) is 0 Å². The summed E-state index contributed by atoms with van der Waals surface area (Å²) < 4.78 is 0. The van der Waals surface area contributed by atoms with Crippen LogP contribution in [0.3, 0.4) is 0 Å². The molecule has 0 unspecified atom stereocenters. The predicted octanol–water partition coefficient (Wildman–Crippen LogP) is 2.94. The van der Waals surface area contributed by atoms with Crippen LogP contribution >= 0.6 is 0 Å². The Labute approximate surface area is 113 Å². The molecule has 2 aromatic heterocycles. The maximum atomic E-state index is 6.16. The molecule has 0 aliphatic rings. The van der Waals surface area contributed by atoms with Gasteiger partial charge in [0.1, 0.15) is 5.52 Å². The van der Waals surface area contributed by atoms with Gasteiger partial charge in [0, 0.05) is 18.6 Å². The second kappa shape index (κ2) is 5.52. The lowest BCUT2D eigenvalue weighted by Gasteiger charge is -2.09. The molecular weight excluding hydrogens is 236 g/mol. The Kier molecular flexibility index (Phi) is 3.80. The number of hydrogen-bond acceptors (Lipinski definition) is 4. The highest BCUT2D eigenvalue weighted by atomic mass is 15.0. The maximum absolute atomic E-state index is 6.16. The van der Waals surface area contributed by atoms with Gasteiger partial charge in [0.15, 0.2) is 5.82 Å². The van der Waals surface area contributed by atoms with Crippen LogP contribution in [-0.4, -0.2) is 17.0 Å². The van der Waals surface area contributed by atoms with Crippen molar-refractivity contribution in [3.05, 3.63) is 47.8 Å². The third-order valence-electron chi connectivity index (χ3n) is 2.94. The van der Waals surface area contributed by atoms with Crippen molar-refractivity contribution in [2.24, 2.45) is 5.73 Å². The van der Waals surface area contributed by atoms with Gasteiger partial charge in [-0.05, 0) is 31.6 Å². The molecule has 0 fully saturated rings. The van der Waals surface area contributed by atoms with Crippen molar-refractivity contribution < 1.29 is 0 Å². The summed E-state index contributed by atoms with van der Waals surface area (Å²) >= 11 is 0. The summed E-state index contributed by atoms with van der Waals surface area (Å²) in [6.45, 7) is 3.94. The molecule has 4 heteroatoms. The molecule has 2 aromatic rings. The smallest absolute Gasteiger partial charge is 0.153 e. The van der Waals surface area contributed by atoms with Crippen molar-refractivity contribution in [2.45, 2.75) is 13.8 Å². The lowest BCUT2D eigenvalue weighted by molar-refractivity contribution is 1.22. The van der Waals surface area contributed by atoms with Gasteiger partial charge >= 0.3 is 0 Å². The second-order valence-corrected chi connectivity index (χ2v) is 4.28. The van der Waals surface area contributed by atoms with E-state index in [0.29, 0.717) is 5.70 Å². The summed E-state index contributed by atoms with van der Waals surface area (Å²) in [5.74, 6) is 0.740. The summed E-state index contributed by atoms with van der Waals surface area (Å²) in [5, 5.41) is 4.09. The molecule has 0 amide bonds. The van der Waals surface area contributed by atoms with Gasteiger partial charge in [0.25, 0.3) is 0 Å². The maximum Gasteiger partial charge on any atom is 0.153 e. The normalized spacial score (nSPS) is 12.8. The number of fused-ring (bicyclic) bond motifs is 1. The molecule has 0 bridgehead atoms. The Morgan fingerprint density at radius 3 is 2.89 bits per heavy atom. The van der Waals surface area contributed by atoms with E-state index < -0.39 is 0 Å². The molecule has 3 N–H and O–H groups in total. The van der Waals surface area contributed by atoms with Gasteiger partial charge in [-0.25, -0.2) is 4.98 Å². The van der Waals surface area contributed by atoms with E-state index in [1.807, 2.05) is 51.2 Å². The number of nitrogens with two attached hydrogens (primary N) is 1. The van der Waals surface area contributed by atoms with Crippen LogP contribution in [-0.2, 0) is 0 Å². The first-order valence-electron chi connectivity index (χ1n) is 6.20. The van der Waals surface area contributed by atoms with E-state index in [4.69, 9.17) is 5.73 Å². The van der Waals surface area contributed by atoms with E-state index in [1.54, 1.807) is 6.20 Å². The Balaban J connectivity index is 2.66. The van der Waals surface area contributed by atoms with E-state index in [1.165, 1.54) is 0 Å². The Morgan fingerprint density at radius 1 is 1.42 bits per heavy atom. The molecule has 2 heterocycles. The number of allylic oxidation sites excluding steroid dienone is 3. The van der Waals surface area contributed by atoms with Gasteiger partial charge < -0.3 is 11.1 Å². The van der Waals surface area contributed by atoms with Crippen LogP contribution in [0.25, 0.3) is 16.6 Å². The summed E-state index contributed by atoms with van der Waals surface area (Å²) in [5.41, 5.74) is 9.45. The number of pyridine rings is 2. The standard InChI is InChI=1S/C15H18N4/c1-4-6-10(2)13(16)12-9-11-7-5-8-18-14(11)15(17-3)19-12/h4-9H,16H2,1-3H3,(H,17,19)/b6-4-,13-10-. The molecule has 0 aromatic carbocycles. The summed E-state index contributed by atoms with van der Waals surface area (Å²) in [6.07, 6.45) is 5.70. The van der Waals surface area contributed by atoms with E-state index >= 15 is 0 Å². The van der Waals surface area contributed by atoms with Crippen LogP contribution in [0.1, 0.15) is 19.5 Å². The molecule has 0 radical (unpaired) electrons. The van der Waals surface area contributed by atoms with Gasteiger partial charge in [0.2, 0.25) is 0 Å². The molecular formula is C15H18N4. The fraction of sp³-hybridized carbons (Fsp3) is 0.200. The minimum atomic E-state index is 0.681. The highest BCUT2D eigenvalue weighted by molar-refractivity contribution is 5.90. The van der Waals surface area contributed by atoms with Crippen molar-refractivity contribution in [2.75, 3.05) is 12.4 Å². The zero-order chi connectivity index (χ0) is 13.8. The zero-order valence-electron chi connectivity index (χ0n) is 11.4. The van der Waals surface area contributed by atoms with Crippen LogP contribution in [0.4, 0.5) is 5.82 Å². The third kappa shape index (κ3) is 2.57. The monoisotopic (exact) mass is 254 g/mol. The predicted molar refractivity (Wildman–Crippen MR) is 80.7 cm³/mol. The van der Waals surface area contributed by atoms with Crippen LogP contribution < -0.4 is 11.1 Å². The molecule has 0 saturated heterocycles. The zero-order valence-corrected chi connectivity index (χ0v) is 11.4. The number of aromatic nitrogens is 2. The second-order valence-electron chi connectivity index (χ2n) is 4.28. The minimum absolute atomic E-state index is 0.681. The van der Waals surface area contributed by atoms with Crippen molar-refractivity contribution in [3.8, 4) is 0 Å². The molecule has 0 atom stereocenters. The van der Waals surface area contributed by atoms with Crippen LogP contribution in [0.5, 0.6) is 0 Å². The summed E-state index contributed by atoms with van der Waals surface area (Å²) in [6, 6.07) is 5.88. The fourth-order valence-electron chi connectivity index (χ4n) is 1.94. The average molecular weight is 254 g/mol. The van der Waals surface area contributed by atoms with Gasteiger partial charge in [-0.15, -0.1) is 0 Å². The lowest BCUT2D eigenvalue weighted by atomic mass is 10.1. The topological polar surface area (TPSA) is 63.8 Å². The number of hydrogen-bond donors (Lipinski definition) is 2. The summed E-state index contributed by atoms with van der Waals surface area (Å²) in [4.78, 5) is 8.87. The Hall–Kier alpha value is -2.36. The lowest BCUT2D eigenvalue weighted by Crippen LogP contribution is -2.05. The van der Waals surface area contributed by atoms with Gasteiger partial charge in [-0.2, -0.15) is 0 Å². The molecule has 0 aliphatic carbocycles. The van der Waals surface area contributed by atoms with Crippen molar-refractivity contribution in [3.63, 3.8) is 0 Å². The number of nitrogens with zero attached hydrogens (tertiary/aromatic N) is 2. The number of rotatable bonds is 3. The van der Waals surface area contributed by atoms with Gasteiger partial charge in [0.05, 0.1) is 11.4 Å². The van der Waals surface area contributed by atoms with Gasteiger partial charge in [-0.3, -0.25) is 4.98 Å². The van der Waals surface area contributed by atoms with Crippen molar-refractivity contribution in [1.29, 1.82) is 0 Å². The number of anilines is 1. The third-order valence-corrected chi connectivity index (χ3v) is 2.94. The fourth-order valence-corrected chi connectivity index (χ4v) is 1.94. The largest absolute Gasteiger partial charge is 0.397 e. The molecule has 0 aliphatic heterocycles. The first kappa shape index (κ1) is 13.1. The molecule has 19 heavy (non-hydrogen) atoms. The highest BCUT2D eigenvalue weighted by Gasteiger charge is 2.08. The quantitative estimate of drug-likeness (QED) is 0.827. The van der Waals surface area contributed by atoms with E-state index in [2.05, 4.69) is 15.3 Å². The van der Waals surface area contributed by atoms with Crippen molar-refractivity contribution >= 4 is 22.4 Å². The Morgan fingerprint density at radius 2 is 2.21 bits per heavy atom. The number of nitrogens with one attached hydrogen (secondary N) is 1. The average Bonchev–Trinajstić information content (AvgIpc) is 2.45. The summed E-state index contributed by atoms with van der Waals surface area (Å²) in [7, 11) is 1.83. The van der Waals surface area contributed by atoms with Crippen LogP contribution in [0, 0.1) is 0 Å². The molecule has 98 valence electrons. The van der Waals surface area contributed by atoms with E-state index in [0.717, 1.165) is 28.0 Å². The highest BCUT2D eigenvalue weighted by Crippen LogP contribution is 2.23. The Bertz CT molecular complexity index is 656. The molecule has 4 nitrogen and oxygen atoms in total. The van der Waals surface area contributed by atoms with E-state index in [9.17, 15) is 0 Å². The van der Waals surface area contributed by atoms with Crippen LogP contribution in [0.15, 0.2) is 42.1 Å². The van der Waals surface area contributed by atoms with E-state index in [-0.39, 0.29) is 0 Å². The first-order valence-corrected chi connectivity index (χ1v) is 6.20. The SMILES string of the molecule is C/C=C\C(C)=C(/N)c1cc2cccnc2c(NC)n1. The first-order chi connectivity index (χ1) is 9.17. The molecule has 0 spiro atoms. The molecule has 0 saturated carbocycles. The van der Waals surface area contributed by atoms with Gasteiger partial charge in [-0.1, -0.05) is 18.2 Å².